The third-order valence-corrected chi connectivity index (χ3v) is 2.86. The van der Waals surface area contributed by atoms with E-state index in [4.69, 9.17) is 0 Å². The first-order chi connectivity index (χ1) is 6.88. The largest absolute Gasteiger partial charge is 0.433 e. The van der Waals surface area contributed by atoms with Crippen LogP contribution in [0.25, 0.3) is 4.96 Å². The molecule has 0 radical (unpaired) electrons. The molecule has 0 bridgehead atoms. The van der Waals surface area contributed by atoms with Crippen molar-refractivity contribution in [2.24, 2.45) is 0 Å². The molecule has 80 valence electrons. The first-order valence-corrected chi connectivity index (χ1v) is 5.12. The maximum absolute atomic E-state index is 12.5. The number of aromatic nitrogens is 3. The monoisotopic (exact) mass is 299 g/mol. The maximum Gasteiger partial charge on any atom is 0.433 e. The first kappa shape index (κ1) is 10.6. The number of hydrogen-bond acceptors (Lipinski definition) is 4. The fourth-order valence-electron chi connectivity index (χ4n) is 0.994. The van der Waals surface area contributed by atoms with E-state index in [1.807, 2.05) is 0 Å². The molecule has 0 aromatic carbocycles. The van der Waals surface area contributed by atoms with Gasteiger partial charge in [-0.15, -0.1) is 5.10 Å². The smallest absolute Gasteiger partial charge is 0.267 e. The summed E-state index contributed by atoms with van der Waals surface area (Å²) >= 11 is 3.78. The van der Waals surface area contributed by atoms with Gasteiger partial charge in [0.25, 0.3) is 5.56 Å². The Morgan fingerprint density at radius 3 is 2.73 bits per heavy atom. The van der Waals surface area contributed by atoms with Crippen molar-refractivity contribution in [3.8, 4) is 0 Å². The first-order valence-electron chi connectivity index (χ1n) is 3.51. The van der Waals surface area contributed by atoms with E-state index in [1.165, 1.54) is 0 Å². The summed E-state index contributed by atoms with van der Waals surface area (Å²) in [6, 6.07) is 0.416. The van der Waals surface area contributed by atoms with Crippen LogP contribution in [0.4, 0.5) is 13.2 Å². The summed E-state index contributed by atoms with van der Waals surface area (Å²) < 4.78 is 38.2. The van der Waals surface area contributed by atoms with Gasteiger partial charge in [0.2, 0.25) is 4.96 Å². The fraction of sp³-hybridized carbons (Fsp3) is 0.167. The molecule has 0 saturated carbocycles. The molecular weight excluding hydrogens is 299 g/mol. The average Bonchev–Trinajstić information content (AvgIpc) is 2.41. The van der Waals surface area contributed by atoms with Crippen molar-refractivity contribution in [1.29, 1.82) is 0 Å². The van der Waals surface area contributed by atoms with Gasteiger partial charge in [0, 0.05) is 6.07 Å². The third kappa shape index (κ3) is 1.88. The van der Waals surface area contributed by atoms with Crippen molar-refractivity contribution in [2.45, 2.75) is 6.18 Å². The van der Waals surface area contributed by atoms with Gasteiger partial charge in [0.15, 0.2) is 9.61 Å². The van der Waals surface area contributed by atoms with E-state index < -0.39 is 17.4 Å². The Morgan fingerprint density at radius 2 is 2.13 bits per heavy atom. The minimum absolute atomic E-state index is 0.0956. The summed E-state index contributed by atoms with van der Waals surface area (Å²) in [5, 5.41) is 3.55. The molecule has 0 saturated heterocycles. The van der Waals surface area contributed by atoms with E-state index in [-0.39, 0.29) is 8.88 Å². The Bertz CT molecular complexity index is 575. The zero-order chi connectivity index (χ0) is 11.2. The molecule has 0 unspecified atom stereocenters. The van der Waals surface area contributed by atoms with Crippen LogP contribution in [0.1, 0.15) is 5.69 Å². The van der Waals surface area contributed by atoms with Crippen LogP contribution in [0.5, 0.6) is 0 Å². The molecule has 2 rings (SSSR count). The summed E-state index contributed by atoms with van der Waals surface area (Å²) in [6.07, 6.45) is -4.63. The van der Waals surface area contributed by atoms with E-state index in [0.29, 0.717) is 10.6 Å². The molecule has 0 N–H and O–H groups in total. The summed E-state index contributed by atoms with van der Waals surface area (Å²) in [7, 11) is 0. The summed E-state index contributed by atoms with van der Waals surface area (Å²) in [5.74, 6) is 0. The second kappa shape index (κ2) is 3.27. The van der Waals surface area contributed by atoms with E-state index >= 15 is 0 Å². The quantitative estimate of drug-likeness (QED) is 0.747. The standard InChI is InChI=1S/C6HBrF3N3OS/c7-4-12-13-2(6(8,9)10)1-3(14)11-5(13)15-4/h1H. The number of fused-ring (bicyclic) bond motifs is 1. The Labute approximate surface area is 92.5 Å². The van der Waals surface area contributed by atoms with Crippen molar-refractivity contribution >= 4 is 32.2 Å². The molecule has 0 amide bonds. The molecule has 0 aliphatic heterocycles. The lowest BCUT2D eigenvalue weighted by molar-refractivity contribution is -0.142. The summed E-state index contributed by atoms with van der Waals surface area (Å²) in [6.45, 7) is 0. The molecule has 0 aliphatic rings. The van der Waals surface area contributed by atoms with E-state index in [1.54, 1.807) is 0 Å². The van der Waals surface area contributed by atoms with Gasteiger partial charge in [0.05, 0.1) is 0 Å². The highest BCUT2D eigenvalue weighted by Crippen LogP contribution is 2.29. The minimum atomic E-state index is -4.63. The lowest BCUT2D eigenvalue weighted by Gasteiger charge is -2.06. The number of nitrogens with zero attached hydrogens (tertiary/aromatic N) is 3. The highest BCUT2D eigenvalue weighted by Gasteiger charge is 2.35. The van der Waals surface area contributed by atoms with E-state index in [9.17, 15) is 18.0 Å². The average molecular weight is 300 g/mol. The summed E-state index contributed by atoms with van der Waals surface area (Å²) in [5.41, 5.74) is -2.06. The van der Waals surface area contributed by atoms with Crippen LogP contribution < -0.4 is 5.56 Å². The topological polar surface area (TPSA) is 47.3 Å². The van der Waals surface area contributed by atoms with Crippen molar-refractivity contribution in [3.63, 3.8) is 0 Å². The molecule has 0 fully saturated rings. The van der Waals surface area contributed by atoms with Crippen LogP contribution in [0.3, 0.4) is 0 Å². The van der Waals surface area contributed by atoms with Gasteiger partial charge in [0.1, 0.15) is 0 Å². The van der Waals surface area contributed by atoms with Crippen molar-refractivity contribution < 1.29 is 13.2 Å². The molecule has 2 aromatic rings. The van der Waals surface area contributed by atoms with Crippen molar-refractivity contribution in [3.05, 3.63) is 26.0 Å². The fourth-order valence-corrected chi connectivity index (χ4v) is 2.22. The normalized spacial score (nSPS) is 12.3. The highest BCUT2D eigenvalue weighted by atomic mass is 79.9. The van der Waals surface area contributed by atoms with Crippen LogP contribution in [0.15, 0.2) is 14.8 Å². The van der Waals surface area contributed by atoms with Gasteiger partial charge in [-0.25, -0.2) is 0 Å². The van der Waals surface area contributed by atoms with Crippen molar-refractivity contribution in [2.75, 3.05) is 0 Å². The lowest BCUT2D eigenvalue weighted by atomic mass is 10.4. The Hall–Kier alpha value is -0.960. The van der Waals surface area contributed by atoms with Crippen molar-refractivity contribution in [1.82, 2.24) is 14.6 Å². The van der Waals surface area contributed by atoms with E-state index in [0.717, 1.165) is 11.3 Å². The molecule has 9 heteroatoms. The lowest BCUT2D eigenvalue weighted by Crippen LogP contribution is -2.18. The van der Waals surface area contributed by atoms with Gasteiger partial charge < -0.3 is 0 Å². The molecule has 0 atom stereocenters. The number of hydrogen-bond donors (Lipinski definition) is 0. The summed E-state index contributed by atoms with van der Waals surface area (Å²) in [4.78, 5) is 14.2. The van der Waals surface area contributed by atoms with Gasteiger partial charge in [-0.2, -0.15) is 22.7 Å². The third-order valence-electron chi connectivity index (χ3n) is 1.52. The number of rotatable bonds is 0. The molecule has 4 nitrogen and oxygen atoms in total. The molecule has 15 heavy (non-hydrogen) atoms. The van der Waals surface area contributed by atoms with Crippen LogP contribution in [0.2, 0.25) is 0 Å². The van der Waals surface area contributed by atoms with Crippen LogP contribution >= 0.6 is 27.3 Å². The maximum atomic E-state index is 12.5. The Balaban J connectivity index is 2.88. The zero-order valence-electron chi connectivity index (χ0n) is 6.75. The van der Waals surface area contributed by atoms with Crippen LogP contribution in [0, 0.1) is 0 Å². The molecular formula is C6HBrF3N3OS. The van der Waals surface area contributed by atoms with Gasteiger partial charge in [-0.05, 0) is 15.9 Å². The highest BCUT2D eigenvalue weighted by molar-refractivity contribution is 9.11. The number of halogens is 4. The minimum Gasteiger partial charge on any atom is -0.267 e. The predicted molar refractivity (Wildman–Crippen MR) is 49.8 cm³/mol. The van der Waals surface area contributed by atoms with Crippen LogP contribution in [-0.2, 0) is 6.18 Å². The zero-order valence-corrected chi connectivity index (χ0v) is 9.15. The molecule has 0 aliphatic carbocycles. The molecule has 2 aromatic heterocycles. The van der Waals surface area contributed by atoms with Gasteiger partial charge in [-0.3, -0.25) is 4.79 Å². The van der Waals surface area contributed by atoms with E-state index in [2.05, 4.69) is 26.0 Å². The second-order valence-electron chi connectivity index (χ2n) is 2.53. The van der Waals surface area contributed by atoms with Crippen LogP contribution in [-0.4, -0.2) is 14.6 Å². The SMILES string of the molecule is O=c1cc(C(F)(F)F)n2nc(Br)sc2n1. The Kier molecular flexibility index (Phi) is 2.30. The second-order valence-corrected chi connectivity index (χ2v) is 4.76. The molecule has 0 spiro atoms. The molecule has 2 heterocycles. The predicted octanol–water partition coefficient (Wildman–Crippen LogP) is 1.93. The number of alkyl halides is 3. The Morgan fingerprint density at radius 1 is 1.47 bits per heavy atom. The van der Waals surface area contributed by atoms with Gasteiger partial charge >= 0.3 is 6.18 Å². The van der Waals surface area contributed by atoms with Gasteiger partial charge in [-0.1, -0.05) is 11.3 Å².